The van der Waals surface area contributed by atoms with Crippen LogP contribution in [0.4, 0.5) is 0 Å². The molecule has 2 rings (SSSR count). The average Bonchev–Trinajstić information content (AvgIpc) is 2.53. The third-order valence-electron chi connectivity index (χ3n) is 4.78. The number of aromatic hydroxyl groups is 1. The minimum atomic E-state index is -0.0569. The summed E-state index contributed by atoms with van der Waals surface area (Å²) in [5.41, 5.74) is 5.91. The number of phenols is 1. The van der Waals surface area contributed by atoms with Gasteiger partial charge in [0.1, 0.15) is 5.75 Å². The molecule has 0 fully saturated rings. The molecule has 0 amide bonds. The van der Waals surface area contributed by atoms with Crippen LogP contribution in [0.2, 0.25) is 0 Å². The van der Waals surface area contributed by atoms with Crippen molar-refractivity contribution < 1.29 is 5.11 Å². The van der Waals surface area contributed by atoms with Gasteiger partial charge in [0.2, 0.25) is 0 Å². The van der Waals surface area contributed by atoms with Crippen LogP contribution in [0.3, 0.4) is 0 Å². The second-order valence-corrected chi connectivity index (χ2v) is 8.87. The van der Waals surface area contributed by atoms with Crippen LogP contribution in [0, 0.1) is 20.8 Å². The molecule has 0 heterocycles. The van der Waals surface area contributed by atoms with Crippen LogP contribution in [-0.2, 0) is 11.7 Å². The van der Waals surface area contributed by atoms with Crippen LogP contribution in [0.15, 0.2) is 30.3 Å². The van der Waals surface area contributed by atoms with Gasteiger partial charge in [-0.2, -0.15) is 0 Å². The van der Waals surface area contributed by atoms with Gasteiger partial charge in [0.25, 0.3) is 0 Å². The van der Waals surface area contributed by atoms with E-state index in [0.717, 1.165) is 24.1 Å². The van der Waals surface area contributed by atoms with Crippen molar-refractivity contribution in [1.82, 2.24) is 5.32 Å². The maximum atomic E-state index is 10.7. The van der Waals surface area contributed by atoms with E-state index in [2.05, 4.69) is 63.3 Å². The molecule has 0 aliphatic heterocycles. The normalized spacial score (nSPS) is 14.2. The Hall–Kier alpha value is -1.37. The standard InChI is InChI=1S/C21H30NOP/c1-7-21(5,18-12-15(3)10-16(4)20(18)23)24-19-9-8-14(2)11-17(19)13-22-6/h8-12,22-24H,7,13H2,1-6H3. The zero-order valence-electron chi connectivity index (χ0n) is 15.7. The molecule has 0 radical (unpaired) electrons. The van der Waals surface area contributed by atoms with Crippen molar-refractivity contribution in [2.24, 2.45) is 0 Å². The summed E-state index contributed by atoms with van der Waals surface area (Å²) in [5.74, 6) is 0.458. The van der Waals surface area contributed by atoms with Crippen LogP contribution in [-0.4, -0.2) is 12.2 Å². The molecule has 0 aliphatic rings. The fourth-order valence-corrected chi connectivity index (χ4v) is 4.79. The lowest BCUT2D eigenvalue weighted by Crippen LogP contribution is -2.22. The van der Waals surface area contributed by atoms with Crippen molar-refractivity contribution >= 4 is 13.9 Å². The average molecular weight is 343 g/mol. The summed E-state index contributed by atoms with van der Waals surface area (Å²) in [6.07, 6.45) is 0.995. The van der Waals surface area contributed by atoms with E-state index in [1.54, 1.807) is 0 Å². The molecule has 2 aromatic rings. The molecule has 0 saturated heterocycles. The minimum Gasteiger partial charge on any atom is -0.507 e. The van der Waals surface area contributed by atoms with E-state index >= 15 is 0 Å². The number of hydrogen-bond donors (Lipinski definition) is 2. The van der Waals surface area contributed by atoms with E-state index < -0.39 is 0 Å². The molecule has 0 aromatic heterocycles. The van der Waals surface area contributed by atoms with E-state index in [0.29, 0.717) is 14.3 Å². The third-order valence-corrected chi connectivity index (χ3v) is 6.72. The fraction of sp³-hybridized carbons (Fsp3) is 0.429. The minimum absolute atomic E-state index is 0.0569. The SMILES string of the molecule is CCC(C)(Pc1ccc(C)cc1CNC)c1cc(C)cc(C)c1O. The Kier molecular flexibility index (Phi) is 6.06. The van der Waals surface area contributed by atoms with Crippen molar-refractivity contribution in [3.63, 3.8) is 0 Å². The molecule has 0 spiro atoms. The Balaban J connectivity index is 2.49. The summed E-state index contributed by atoms with van der Waals surface area (Å²) >= 11 is 0. The fourth-order valence-electron chi connectivity index (χ4n) is 3.21. The van der Waals surface area contributed by atoms with Crippen LogP contribution in [0.25, 0.3) is 0 Å². The number of hydrogen-bond acceptors (Lipinski definition) is 2. The summed E-state index contributed by atoms with van der Waals surface area (Å²) in [7, 11) is 2.61. The molecule has 2 nitrogen and oxygen atoms in total. The highest BCUT2D eigenvalue weighted by molar-refractivity contribution is 7.48. The highest BCUT2D eigenvalue weighted by Gasteiger charge is 2.29. The molecular weight excluding hydrogens is 313 g/mol. The second-order valence-electron chi connectivity index (χ2n) is 6.98. The molecule has 3 heteroatoms. The maximum Gasteiger partial charge on any atom is 0.122 e. The predicted molar refractivity (Wildman–Crippen MR) is 107 cm³/mol. The number of phenolic OH excluding ortho intramolecular Hbond substituents is 1. The first-order valence-corrected chi connectivity index (χ1v) is 9.63. The van der Waals surface area contributed by atoms with Gasteiger partial charge in [-0.05, 0) is 50.7 Å². The lowest BCUT2D eigenvalue weighted by molar-refractivity contribution is 0.452. The first-order valence-electron chi connectivity index (χ1n) is 8.63. The summed E-state index contributed by atoms with van der Waals surface area (Å²) in [6, 6.07) is 10.9. The van der Waals surface area contributed by atoms with Crippen molar-refractivity contribution in [3.8, 4) is 5.75 Å². The van der Waals surface area contributed by atoms with E-state index in [1.165, 1.54) is 22.0 Å². The number of benzene rings is 2. The molecule has 130 valence electrons. The quantitative estimate of drug-likeness (QED) is 0.747. The molecule has 0 bridgehead atoms. The van der Waals surface area contributed by atoms with Crippen LogP contribution < -0.4 is 10.6 Å². The molecule has 0 saturated carbocycles. The molecule has 2 atom stereocenters. The zero-order chi connectivity index (χ0) is 17.9. The van der Waals surface area contributed by atoms with Crippen molar-refractivity contribution in [2.45, 2.75) is 52.7 Å². The smallest absolute Gasteiger partial charge is 0.122 e. The first-order chi connectivity index (χ1) is 11.3. The summed E-state index contributed by atoms with van der Waals surface area (Å²) < 4.78 is 0. The van der Waals surface area contributed by atoms with Crippen molar-refractivity contribution in [2.75, 3.05) is 7.05 Å². The predicted octanol–water partition coefficient (Wildman–Crippen LogP) is 4.67. The van der Waals surface area contributed by atoms with Gasteiger partial charge in [-0.25, -0.2) is 0 Å². The molecule has 2 aromatic carbocycles. The highest BCUT2D eigenvalue weighted by Crippen LogP contribution is 2.48. The maximum absolute atomic E-state index is 10.7. The Morgan fingerprint density at radius 2 is 1.79 bits per heavy atom. The van der Waals surface area contributed by atoms with Gasteiger partial charge in [-0.1, -0.05) is 63.9 Å². The van der Waals surface area contributed by atoms with Crippen molar-refractivity contribution in [1.29, 1.82) is 0 Å². The number of nitrogens with one attached hydrogen (secondary N) is 1. The van der Waals surface area contributed by atoms with Crippen LogP contribution in [0.5, 0.6) is 5.75 Å². The molecular formula is C21H30NOP. The van der Waals surface area contributed by atoms with Gasteiger partial charge in [0.05, 0.1) is 0 Å². The van der Waals surface area contributed by atoms with Crippen LogP contribution >= 0.6 is 8.58 Å². The zero-order valence-corrected chi connectivity index (χ0v) is 16.7. The third kappa shape index (κ3) is 3.99. The molecule has 2 N–H and O–H groups in total. The van der Waals surface area contributed by atoms with Crippen LogP contribution in [0.1, 0.15) is 48.1 Å². The molecule has 0 aliphatic carbocycles. The van der Waals surface area contributed by atoms with Gasteiger partial charge in [0, 0.05) is 17.3 Å². The largest absolute Gasteiger partial charge is 0.507 e. The summed E-state index contributed by atoms with van der Waals surface area (Å²) in [6.45, 7) is 11.6. The monoisotopic (exact) mass is 343 g/mol. The summed E-state index contributed by atoms with van der Waals surface area (Å²) in [4.78, 5) is 0. The van der Waals surface area contributed by atoms with Gasteiger partial charge in [-0.3, -0.25) is 0 Å². The Morgan fingerprint density at radius 3 is 2.42 bits per heavy atom. The van der Waals surface area contributed by atoms with Crippen molar-refractivity contribution in [3.05, 3.63) is 58.1 Å². The second kappa shape index (κ2) is 7.68. The van der Waals surface area contributed by atoms with E-state index in [9.17, 15) is 5.11 Å². The summed E-state index contributed by atoms with van der Waals surface area (Å²) in [5, 5.41) is 15.3. The Morgan fingerprint density at radius 1 is 1.08 bits per heavy atom. The Labute approximate surface area is 148 Å². The number of aryl methyl sites for hydroxylation is 3. The highest BCUT2D eigenvalue weighted by atomic mass is 31.1. The van der Waals surface area contributed by atoms with Gasteiger partial charge < -0.3 is 10.4 Å². The topological polar surface area (TPSA) is 32.3 Å². The van der Waals surface area contributed by atoms with Gasteiger partial charge in [-0.15, -0.1) is 0 Å². The van der Waals surface area contributed by atoms with Gasteiger partial charge >= 0.3 is 0 Å². The first kappa shape index (κ1) is 19.0. The van der Waals surface area contributed by atoms with E-state index in [1.807, 2.05) is 14.0 Å². The van der Waals surface area contributed by atoms with E-state index in [4.69, 9.17) is 0 Å². The molecule has 2 unspecified atom stereocenters. The Bertz CT molecular complexity index is 726. The lowest BCUT2D eigenvalue weighted by atomic mass is 9.93. The number of rotatable bonds is 6. The van der Waals surface area contributed by atoms with E-state index in [-0.39, 0.29) is 5.16 Å². The molecule has 24 heavy (non-hydrogen) atoms. The lowest BCUT2D eigenvalue weighted by Gasteiger charge is -2.32. The van der Waals surface area contributed by atoms with Gasteiger partial charge in [0.15, 0.2) is 0 Å².